The number of ether oxygens (including phenoxy) is 1. The van der Waals surface area contributed by atoms with E-state index < -0.39 is 6.10 Å². The molecule has 3 rings (SSSR count). The van der Waals surface area contributed by atoms with Crippen molar-refractivity contribution >= 4 is 21.4 Å². The highest BCUT2D eigenvalue weighted by molar-refractivity contribution is 7.19. The molecule has 1 heterocycles. The van der Waals surface area contributed by atoms with Crippen LogP contribution in [0.5, 0.6) is 17.2 Å². The lowest BCUT2D eigenvalue weighted by Gasteiger charge is -2.17. The second-order valence-electron chi connectivity index (χ2n) is 5.72. The molecule has 0 radical (unpaired) electrons. The van der Waals surface area contributed by atoms with Crippen molar-refractivity contribution in [2.75, 3.05) is 0 Å². The van der Waals surface area contributed by atoms with Crippen molar-refractivity contribution < 1.29 is 14.9 Å². The maximum Gasteiger partial charge on any atom is 0.151 e. The summed E-state index contributed by atoms with van der Waals surface area (Å²) in [5, 5.41) is 21.1. The summed E-state index contributed by atoms with van der Waals surface area (Å²) in [7, 11) is 0. The van der Waals surface area contributed by atoms with E-state index in [1.807, 2.05) is 31.2 Å². The number of thiophene rings is 1. The molecule has 0 aliphatic rings. The monoisotopic (exact) mass is 328 g/mol. The fourth-order valence-electron chi connectivity index (χ4n) is 2.45. The molecule has 3 aromatic rings. The molecule has 0 saturated carbocycles. The molecule has 3 nitrogen and oxygen atoms in total. The van der Waals surface area contributed by atoms with Gasteiger partial charge in [-0.3, -0.25) is 0 Å². The minimum absolute atomic E-state index is 0.158. The largest absolute Gasteiger partial charge is 0.508 e. The number of rotatable bonds is 5. The van der Waals surface area contributed by atoms with Gasteiger partial charge >= 0.3 is 0 Å². The summed E-state index contributed by atoms with van der Waals surface area (Å²) in [5.74, 6) is 1.71. The molecule has 120 valence electrons. The van der Waals surface area contributed by atoms with Gasteiger partial charge in [0.15, 0.2) is 5.75 Å². The standard InChI is InChI=1S/C19H20O3S/c1-3-12(2)17(21)19-18(15-6-4-5-7-16(15)23-19)22-14-10-8-13(20)9-11-14/h4-12,17,20-21H,3H2,1-2H3. The van der Waals surface area contributed by atoms with Crippen molar-refractivity contribution in [3.05, 3.63) is 53.4 Å². The number of aliphatic hydroxyl groups is 1. The minimum atomic E-state index is -0.551. The highest BCUT2D eigenvalue weighted by Gasteiger charge is 2.24. The zero-order valence-electron chi connectivity index (χ0n) is 13.2. The zero-order chi connectivity index (χ0) is 16.4. The van der Waals surface area contributed by atoms with Crippen LogP contribution in [0.2, 0.25) is 0 Å². The average molecular weight is 328 g/mol. The highest BCUT2D eigenvalue weighted by atomic mass is 32.1. The lowest BCUT2D eigenvalue weighted by Crippen LogP contribution is -2.07. The zero-order valence-corrected chi connectivity index (χ0v) is 14.0. The Morgan fingerprint density at radius 2 is 1.78 bits per heavy atom. The van der Waals surface area contributed by atoms with E-state index in [1.165, 1.54) is 0 Å². The molecule has 0 aliphatic heterocycles. The maximum absolute atomic E-state index is 10.7. The Balaban J connectivity index is 2.07. The van der Waals surface area contributed by atoms with Crippen LogP contribution in [0.15, 0.2) is 48.5 Å². The van der Waals surface area contributed by atoms with Gasteiger partial charge in [-0.25, -0.2) is 0 Å². The van der Waals surface area contributed by atoms with Gasteiger partial charge < -0.3 is 14.9 Å². The Morgan fingerprint density at radius 3 is 2.48 bits per heavy atom. The summed E-state index contributed by atoms with van der Waals surface area (Å²) in [6.45, 7) is 4.11. The van der Waals surface area contributed by atoms with E-state index in [9.17, 15) is 10.2 Å². The van der Waals surface area contributed by atoms with Crippen LogP contribution in [0.1, 0.15) is 31.2 Å². The van der Waals surface area contributed by atoms with E-state index in [4.69, 9.17) is 4.74 Å². The Bertz CT molecular complexity index is 792. The summed E-state index contributed by atoms with van der Waals surface area (Å²) in [6.07, 6.45) is 0.346. The molecule has 0 saturated heterocycles. The second kappa shape index (κ2) is 6.60. The molecule has 2 atom stereocenters. The number of hydrogen-bond donors (Lipinski definition) is 2. The molecule has 2 unspecified atom stereocenters. The molecule has 1 aromatic heterocycles. The van der Waals surface area contributed by atoms with Crippen LogP contribution in [0.3, 0.4) is 0 Å². The quantitative estimate of drug-likeness (QED) is 0.652. The molecule has 23 heavy (non-hydrogen) atoms. The lowest BCUT2D eigenvalue weighted by molar-refractivity contribution is 0.117. The predicted molar refractivity (Wildman–Crippen MR) is 94.4 cm³/mol. The van der Waals surface area contributed by atoms with Gasteiger partial charge in [0.1, 0.15) is 11.5 Å². The van der Waals surface area contributed by atoms with E-state index in [2.05, 4.69) is 6.92 Å². The van der Waals surface area contributed by atoms with Gasteiger partial charge in [0.2, 0.25) is 0 Å². The first-order valence-electron chi connectivity index (χ1n) is 7.76. The van der Waals surface area contributed by atoms with Gasteiger partial charge in [-0.1, -0.05) is 32.4 Å². The van der Waals surface area contributed by atoms with Crippen molar-refractivity contribution in [1.29, 1.82) is 0 Å². The topological polar surface area (TPSA) is 49.7 Å². The molecule has 4 heteroatoms. The normalized spacial score (nSPS) is 13.9. The third-order valence-electron chi connectivity index (χ3n) is 4.08. The number of hydrogen-bond acceptors (Lipinski definition) is 4. The maximum atomic E-state index is 10.7. The third kappa shape index (κ3) is 3.19. The predicted octanol–water partition coefficient (Wildman–Crippen LogP) is 5.48. The summed E-state index contributed by atoms with van der Waals surface area (Å²) in [6, 6.07) is 14.6. The fourth-order valence-corrected chi connectivity index (χ4v) is 3.71. The van der Waals surface area contributed by atoms with Crippen LogP contribution in [0, 0.1) is 5.92 Å². The Morgan fingerprint density at radius 1 is 1.09 bits per heavy atom. The summed E-state index contributed by atoms with van der Waals surface area (Å²) < 4.78 is 7.17. The minimum Gasteiger partial charge on any atom is -0.508 e. The van der Waals surface area contributed by atoms with E-state index in [-0.39, 0.29) is 11.7 Å². The number of benzene rings is 2. The van der Waals surface area contributed by atoms with E-state index in [0.717, 1.165) is 21.4 Å². The van der Waals surface area contributed by atoms with Gasteiger partial charge in [0, 0.05) is 10.1 Å². The van der Waals surface area contributed by atoms with E-state index in [0.29, 0.717) is 11.5 Å². The summed E-state index contributed by atoms with van der Waals surface area (Å²) >= 11 is 1.57. The van der Waals surface area contributed by atoms with Crippen molar-refractivity contribution in [2.24, 2.45) is 5.92 Å². The molecule has 2 N–H and O–H groups in total. The molecule has 2 aromatic carbocycles. The number of fused-ring (bicyclic) bond motifs is 1. The summed E-state index contributed by atoms with van der Waals surface area (Å²) in [5.41, 5.74) is 0. The Hall–Kier alpha value is -2.04. The van der Waals surface area contributed by atoms with Gasteiger partial charge in [0.05, 0.1) is 11.0 Å². The molecule has 0 bridgehead atoms. The van der Waals surface area contributed by atoms with Gasteiger partial charge in [-0.15, -0.1) is 11.3 Å². The van der Waals surface area contributed by atoms with Gasteiger partial charge in [-0.2, -0.15) is 0 Å². The first kappa shape index (κ1) is 15.8. The SMILES string of the molecule is CCC(C)C(O)c1sc2ccccc2c1Oc1ccc(O)cc1. The third-order valence-corrected chi connectivity index (χ3v) is 5.31. The van der Waals surface area contributed by atoms with Crippen LogP contribution >= 0.6 is 11.3 Å². The van der Waals surface area contributed by atoms with Crippen LogP contribution in [-0.4, -0.2) is 10.2 Å². The van der Waals surface area contributed by atoms with Gasteiger partial charge in [0.25, 0.3) is 0 Å². The fraction of sp³-hybridized carbons (Fsp3) is 0.263. The molecule has 0 aliphatic carbocycles. The Kier molecular flexibility index (Phi) is 4.55. The van der Waals surface area contributed by atoms with Crippen molar-refractivity contribution in [2.45, 2.75) is 26.4 Å². The second-order valence-corrected chi connectivity index (χ2v) is 6.80. The molecular weight excluding hydrogens is 308 g/mol. The lowest BCUT2D eigenvalue weighted by atomic mass is 10.00. The van der Waals surface area contributed by atoms with E-state index in [1.54, 1.807) is 35.6 Å². The first-order valence-corrected chi connectivity index (χ1v) is 8.58. The van der Waals surface area contributed by atoms with Crippen molar-refractivity contribution in [3.8, 4) is 17.2 Å². The van der Waals surface area contributed by atoms with Crippen LogP contribution in [0.4, 0.5) is 0 Å². The van der Waals surface area contributed by atoms with E-state index >= 15 is 0 Å². The van der Waals surface area contributed by atoms with Crippen molar-refractivity contribution in [3.63, 3.8) is 0 Å². The number of phenolic OH excluding ortho intramolecular Hbond substituents is 1. The average Bonchev–Trinajstić information content (AvgIpc) is 2.94. The highest BCUT2D eigenvalue weighted by Crippen LogP contribution is 2.45. The van der Waals surface area contributed by atoms with Gasteiger partial charge in [-0.05, 0) is 42.3 Å². The molecular formula is C19H20O3S. The number of aromatic hydroxyl groups is 1. The van der Waals surface area contributed by atoms with Crippen LogP contribution in [0.25, 0.3) is 10.1 Å². The first-order chi connectivity index (χ1) is 11.1. The van der Waals surface area contributed by atoms with Crippen LogP contribution < -0.4 is 4.74 Å². The van der Waals surface area contributed by atoms with Crippen molar-refractivity contribution in [1.82, 2.24) is 0 Å². The smallest absolute Gasteiger partial charge is 0.151 e. The molecule has 0 amide bonds. The molecule has 0 spiro atoms. The number of phenols is 1. The Labute approximate surface area is 139 Å². The molecule has 0 fully saturated rings. The number of aliphatic hydroxyl groups excluding tert-OH is 1. The summed E-state index contributed by atoms with van der Waals surface area (Å²) in [4.78, 5) is 0.855. The van der Waals surface area contributed by atoms with Crippen LogP contribution in [-0.2, 0) is 0 Å².